The summed E-state index contributed by atoms with van der Waals surface area (Å²) in [6.45, 7) is 3.54. The maximum atomic E-state index is 11.2. The average molecular weight is 213 g/mol. The number of nitrogens with one attached hydrogen (secondary N) is 1. The van der Waals surface area contributed by atoms with Gasteiger partial charge in [0.05, 0.1) is 6.42 Å². The predicted octanol–water partition coefficient (Wildman–Crippen LogP) is 1.15. The minimum atomic E-state index is -0.907. The third kappa shape index (κ3) is 4.49. The molecular weight excluding hydrogens is 198 g/mol. The van der Waals surface area contributed by atoms with Gasteiger partial charge in [-0.25, -0.2) is 4.79 Å². The molecule has 0 bridgehead atoms. The quantitative estimate of drug-likeness (QED) is 0.649. The van der Waals surface area contributed by atoms with Gasteiger partial charge in [0.25, 0.3) is 0 Å². The highest BCUT2D eigenvalue weighted by Gasteiger charge is 2.33. The Bertz CT molecular complexity index is 260. The fourth-order valence-corrected chi connectivity index (χ4v) is 1.35. The molecule has 0 aliphatic heterocycles. The number of carbonyl (C=O) groups is 2. The van der Waals surface area contributed by atoms with E-state index in [9.17, 15) is 9.59 Å². The van der Waals surface area contributed by atoms with Gasteiger partial charge in [-0.05, 0) is 18.8 Å². The van der Waals surface area contributed by atoms with Crippen LogP contribution in [0.3, 0.4) is 0 Å². The van der Waals surface area contributed by atoms with E-state index < -0.39 is 12.1 Å². The van der Waals surface area contributed by atoms with Crippen LogP contribution in [0.15, 0.2) is 12.7 Å². The van der Waals surface area contributed by atoms with Crippen molar-refractivity contribution < 1.29 is 19.4 Å². The number of hydrogen-bond acceptors (Lipinski definition) is 3. The van der Waals surface area contributed by atoms with Gasteiger partial charge >= 0.3 is 12.1 Å². The maximum absolute atomic E-state index is 11.2. The number of alkyl carbamates (subject to hydrolysis) is 1. The fourth-order valence-electron chi connectivity index (χ4n) is 1.35. The highest BCUT2D eigenvalue weighted by atomic mass is 16.5. The van der Waals surface area contributed by atoms with Crippen molar-refractivity contribution in [1.82, 2.24) is 5.32 Å². The Morgan fingerprint density at radius 3 is 2.73 bits per heavy atom. The first kappa shape index (κ1) is 11.6. The van der Waals surface area contributed by atoms with E-state index in [1.165, 1.54) is 6.08 Å². The van der Waals surface area contributed by atoms with Crippen LogP contribution in [0.5, 0.6) is 0 Å². The van der Waals surface area contributed by atoms with Crippen molar-refractivity contribution in [3.63, 3.8) is 0 Å². The smallest absolute Gasteiger partial charge is 0.407 e. The van der Waals surface area contributed by atoms with Crippen LogP contribution < -0.4 is 5.32 Å². The molecule has 1 fully saturated rings. The van der Waals surface area contributed by atoms with Crippen LogP contribution in [0.25, 0.3) is 0 Å². The topological polar surface area (TPSA) is 75.6 Å². The second-order valence-electron chi connectivity index (χ2n) is 3.57. The van der Waals surface area contributed by atoms with Gasteiger partial charge in [-0.2, -0.15) is 0 Å². The Hall–Kier alpha value is -1.52. The first-order valence-corrected chi connectivity index (χ1v) is 4.89. The van der Waals surface area contributed by atoms with Gasteiger partial charge in [-0.3, -0.25) is 4.79 Å². The summed E-state index contributed by atoms with van der Waals surface area (Å²) in [6.07, 6.45) is 2.78. The summed E-state index contributed by atoms with van der Waals surface area (Å²) in [5.74, 6) is -0.617. The molecule has 1 aliphatic carbocycles. The van der Waals surface area contributed by atoms with Crippen molar-refractivity contribution in [3.05, 3.63) is 12.7 Å². The van der Waals surface area contributed by atoms with Gasteiger partial charge in [-0.15, -0.1) is 0 Å². The van der Waals surface area contributed by atoms with Crippen LogP contribution in [0.4, 0.5) is 4.79 Å². The number of ether oxygens (including phenoxy) is 1. The number of carboxylic acid groups (broad SMARTS) is 1. The largest absolute Gasteiger partial charge is 0.481 e. The monoisotopic (exact) mass is 213 g/mol. The first-order chi connectivity index (χ1) is 7.13. The molecule has 5 nitrogen and oxygen atoms in total. The summed E-state index contributed by atoms with van der Waals surface area (Å²) < 4.78 is 4.72. The summed E-state index contributed by atoms with van der Waals surface area (Å²) in [7, 11) is 0. The molecule has 0 radical (unpaired) electrons. The molecule has 1 amide bonds. The van der Waals surface area contributed by atoms with E-state index in [-0.39, 0.29) is 25.0 Å². The molecular formula is C10H15NO4. The Morgan fingerprint density at radius 2 is 2.27 bits per heavy atom. The number of carboxylic acids is 1. The summed E-state index contributed by atoms with van der Waals surface area (Å²) >= 11 is 0. The lowest BCUT2D eigenvalue weighted by Gasteiger charge is -2.15. The second-order valence-corrected chi connectivity index (χ2v) is 3.57. The maximum Gasteiger partial charge on any atom is 0.407 e. The Labute approximate surface area is 88.1 Å². The van der Waals surface area contributed by atoms with Gasteiger partial charge < -0.3 is 15.2 Å². The lowest BCUT2D eigenvalue weighted by Crippen LogP contribution is -2.38. The normalized spacial score (nSPS) is 16.5. The Morgan fingerprint density at radius 1 is 1.60 bits per heavy atom. The van der Waals surface area contributed by atoms with Crippen molar-refractivity contribution in [1.29, 1.82) is 0 Å². The molecule has 0 spiro atoms. The van der Waals surface area contributed by atoms with Crippen LogP contribution in [0, 0.1) is 5.92 Å². The van der Waals surface area contributed by atoms with Crippen molar-refractivity contribution >= 4 is 12.1 Å². The van der Waals surface area contributed by atoms with E-state index in [1.54, 1.807) is 0 Å². The van der Waals surface area contributed by atoms with E-state index in [4.69, 9.17) is 9.84 Å². The van der Waals surface area contributed by atoms with Crippen molar-refractivity contribution in [2.45, 2.75) is 25.3 Å². The molecule has 84 valence electrons. The molecule has 1 saturated carbocycles. The van der Waals surface area contributed by atoms with Crippen LogP contribution in [-0.4, -0.2) is 29.8 Å². The number of hydrogen-bond donors (Lipinski definition) is 2. The molecule has 1 aliphatic rings. The van der Waals surface area contributed by atoms with Crippen molar-refractivity contribution in [2.24, 2.45) is 5.92 Å². The highest BCUT2D eigenvalue weighted by molar-refractivity contribution is 5.71. The molecule has 0 aromatic heterocycles. The van der Waals surface area contributed by atoms with E-state index >= 15 is 0 Å². The molecule has 5 heteroatoms. The van der Waals surface area contributed by atoms with E-state index in [2.05, 4.69) is 11.9 Å². The van der Waals surface area contributed by atoms with E-state index in [0.29, 0.717) is 0 Å². The first-order valence-electron chi connectivity index (χ1n) is 4.89. The zero-order valence-corrected chi connectivity index (χ0v) is 8.44. The second kappa shape index (κ2) is 5.38. The lowest BCUT2D eigenvalue weighted by molar-refractivity contribution is -0.137. The van der Waals surface area contributed by atoms with Crippen LogP contribution in [-0.2, 0) is 9.53 Å². The molecule has 1 unspecified atom stereocenters. The van der Waals surface area contributed by atoms with E-state index in [1.807, 2.05) is 0 Å². The van der Waals surface area contributed by atoms with Crippen LogP contribution in [0.2, 0.25) is 0 Å². The van der Waals surface area contributed by atoms with Crippen LogP contribution >= 0.6 is 0 Å². The summed E-state index contributed by atoms with van der Waals surface area (Å²) in [6, 6.07) is -0.306. The standard InChI is InChI=1S/C10H15NO4/c1-2-5-15-10(14)11-8(6-9(12)13)7-3-4-7/h2,7-8H,1,3-6H2,(H,11,14)(H,12,13). The number of aliphatic carboxylic acids is 1. The predicted molar refractivity (Wildman–Crippen MR) is 53.4 cm³/mol. The molecule has 0 aromatic carbocycles. The molecule has 2 N–H and O–H groups in total. The van der Waals surface area contributed by atoms with Crippen molar-refractivity contribution in [2.75, 3.05) is 6.61 Å². The van der Waals surface area contributed by atoms with Crippen LogP contribution in [0.1, 0.15) is 19.3 Å². The number of amides is 1. The Kier molecular flexibility index (Phi) is 4.15. The van der Waals surface area contributed by atoms with Gasteiger partial charge in [0, 0.05) is 6.04 Å². The minimum Gasteiger partial charge on any atom is -0.481 e. The SMILES string of the molecule is C=CCOC(=O)NC(CC(=O)O)C1CC1. The summed E-state index contributed by atoms with van der Waals surface area (Å²) in [5, 5.41) is 11.2. The lowest BCUT2D eigenvalue weighted by atomic mass is 10.1. The average Bonchev–Trinajstić information content (AvgIpc) is 2.96. The third-order valence-electron chi connectivity index (χ3n) is 2.22. The van der Waals surface area contributed by atoms with Gasteiger partial charge in [0.1, 0.15) is 6.61 Å². The summed E-state index contributed by atoms with van der Waals surface area (Å²) in [5.41, 5.74) is 0. The van der Waals surface area contributed by atoms with Gasteiger partial charge in [0.15, 0.2) is 0 Å². The molecule has 15 heavy (non-hydrogen) atoms. The third-order valence-corrected chi connectivity index (χ3v) is 2.22. The van der Waals surface area contributed by atoms with E-state index in [0.717, 1.165) is 12.8 Å². The molecule has 0 aromatic rings. The van der Waals surface area contributed by atoms with Crippen molar-refractivity contribution in [3.8, 4) is 0 Å². The number of rotatable bonds is 6. The molecule has 1 rings (SSSR count). The molecule has 1 atom stereocenters. The van der Waals surface area contributed by atoms with Gasteiger partial charge in [-0.1, -0.05) is 12.7 Å². The zero-order chi connectivity index (χ0) is 11.3. The minimum absolute atomic E-state index is 0.0478. The fraction of sp³-hybridized carbons (Fsp3) is 0.600. The Balaban J connectivity index is 2.33. The highest BCUT2D eigenvalue weighted by Crippen LogP contribution is 2.34. The number of carbonyl (C=O) groups excluding carboxylic acids is 1. The summed E-state index contributed by atoms with van der Waals surface area (Å²) in [4.78, 5) is 21.7. The molecule has 0 saturated heterocycles. The molecule has 0 heterocycles. The van der Waals surface area contributed by atoms with Gasteiger partial charge in [0.2, 0.25) is 0 Å². The zero-order valence-electron chi connectivity index (χ0n) is 8.44.